The minimum Gasteiger partial charge on any atom is -0.497 e. The number of rotatable bonds is 8. The number of amides is 3. The highest BCUT2D eigenvalue weighted by Gasteiger charge is 2.25. The van der Waals surface area contributed by atoms with Gasteiger partial charge in [0, 0.05) is 11.8 Å². The third kappa shape index (κ3) is 6.40. The van der Waals surface area contributed by atoms with E-state index in [4.69, 9.17) is 4.74 Å². The van der Waals surface area contributed by atoms with Crippen LogP contribution < -0.4 is 15.4 Å². The van der Waals surface area contributed by atoms with Crippen molar-refractivity contribution in [2.24, 2.45) is 0 Å². The Morgan fingerprint density at radius 2 is 1.96 bits per heavy atom. The molecule has 1 aliphatic rings. The number of benzene rings is 1. The van der Waals surface area contributed by atoms with Crippen molar-refractivity contribution in [3.8, 4) is 5.75 Å². The van der Waals surface area contributed by atoms with Crippen LogP contribution >= 0.6 is 34.9 Å². The molecule has 1 saturated carbocycles. The molecule has 0 spiro atoms. The highest BCUT2D eigenvalue weighted by atomic mass is 32.2. The fourth-order valence-electron chi connectivity index (χ4n) is 2.04. The Morgan fingerprint density at radius 1 is 1.26 bits per heavy atom. The molecule has 0 aliphatic heterocycles. The Hall–Kier alpha value is -1.78. The van der Waals surface area contributed by atoms with Crippen LogP contribution in [-0.2, 0) is 10.5 Å². The molecule has 3 amide bonds. The van der Waals surface area contributed by atoms with Crippen LogP contribution in [0.4, 0.5) is 4.79 Å². The fraction of sp³-hybridized carbons (Fsp3) is 0.412. The van der Waals surface area contributed by atoms with Gasteiger partial charge in [-0.1, -0.05) is 47.0 Å². The first-order valence-electron chi connectivity index (χ1n) is 8.40. The second-order valence-corrected chi connectivity index (χ2v) is 9.76. The summed E-state index contributed by atoms with van der Waals surface area (Å²) in [6.07, 6.45) is 1.96. The second-order valence-electron chi connectivity index (χ2n) is 5.97. The van der Waals surface area contributed by atoms with Crippen LogP contribution in [0, 0.1) is 0 Å². The fourth-order valence-corrected chi connectivity index (χ4v) is 5.16. The van der Waals surface area contributed by atoms with E-state index in [1.54, 1.807) is 25.8 Å². The largest absolute Gasteiger partial charge is 0.497 e. The Bertz CT molecular complexity index is 793. The van der Waals surface area contributed by atoms with Gasteiger partial charge in [-0.2, -0.15) is 0 Å². The molecular weight excluding hydrogens is 404 g/mol. The zero-order chi connectivity index (χ0) is 19.2. The number of hydrogen-bond donors (Lipinski definition) is 2. The molecule has 1 heterocycles. The zero-order valence-corrected chi connectivity index (χ0v) is 17.4. The number of hydrogen-bond acceptors (Lipinski definition) is 8. The van der Waals surface area contributed by atoms with E-state index in [9.17, 15) is 9.59 Å². The minimum absolute atomic E-state index is 0.217. The van der Waals surface area contributed by atoms with Gasteiger partial charge in [0.1, 0.15) is 5.75 Å². The number of nitrogens with zero attached hydrogens (tertiary/aromatic N) is 2. The summed E-state index contributed by atoms with van der Waals surface area (Å²) in [6.45, 7) is 1.75. The normalized spacial score (nSPS) is 14.4. The van der Waals surface area contributed by atoms with Crippen LogP contribution in [-0.4, -0.2) is 40.5 Å². The predicted octanol–water partition coefficient (Wildman–Crippen LogP) is 3.31. The van der Waals surface area contributed by atoms with Crippen LogP contribution in [0.25, 0.3) is 0 Å². The molecule has 7 nitrogen and oxygen atoms in total. The summed E-state index contributed by atoms with van der Waals surface area (Å²) < 4.78 is 6.70. The van der Waals surface area contributed by atoms with Gasteiger partial charge in [0.15, 0.2) is 8.68 Å². The van der Waals surface area contributed by atoms with Crippen LogP contribution in [0.1, 0.15) is 25.3 Å². The summed E-state index contributed by atoms with van der Waals surface area (Å²) in [5.41, 5.74) is 1.17. The van der Waals surface area contributed by atoms with Crippen LogP contribution in [0.15, 0.2) is 32.9 Å². The van der Waals surface area contributed by atoms with Gasteiger partial charge in [-0.3, -0.25) is 10.1 Å². The van der Waals surface area contributed by atoms with E-state index in [1.165, 1.54) is 28.7 Å². The Labute approximate surface area is 170 Å². The molecule has 0 saturated heterocycles. The molecule has 1 aliphatic carbocycles. The van der Waals surface area contributed by atoms with E-state index < -0.39 is 11.3 Å². The Morgan fingerprint density at radius 3 is 2.63 bits per heavy atom. The maximum absolute atomic E-state index is 12.1. The highest BCUT2D eigenvalue weighted by molar-refractivity contribution is 8.03. The van der Waals surface area contributed by atoms with Gasteiger partial charge in [-0.15, -0.1) is 10.2 Å². The van der Waals surface area contributed by atoms with Gasteiger partial charge < -0.3 is 10.1 Å². The molecule has 1 aromatic heterocycles. The lowest BCUT2D eigenvalue weighted by molar-refractivity contribution is -0.119. The molecule has 1 unspecified atom stereocenters. The second kappa shape index (κ2) is 9.43. The van der Waals surface area contributed by atoms with E-state index in [-0.39, 0.29) is 11.9 Å². The molecule has 2 N–H and O–H groups in total. The number of nitrogens with one attached hydrogen (secondary N) is 2. The van der Waals surface area contributed by atoms with Crippen LogP contribution in [0.5, 0.6) is 5.75 Å². The summed E-state index contributed by atoms with van der Waals surface area (Å²) in [6, 6.07) is 7.68. The van der Waals surface area contributed by atoms with Crippen molar-refractivity contribution in [1.29, 1.82) is 0 Å². The zero-order valence-electron chi connectivity index (χ0n) is 14.9. The molecule has 0 radical (unpaired) electrons. The lowest BCUT2D eigenvalue weighted by atomic mass is 10.2. The monoisotopic (exact) mass is 424 g/mol. The molecule has 0 bridgehead atoms. The van der Waals surface area contributed by atoms with Gasteiger partial charge in [0.05, 0.1) is 12.4 Å². The van der Waals surface area contributed by atoms with Gasteiger partial charge in [0.2, 0.25) is 5.91 Å². The van der Waals surface area contributed by atoms with Crippen molar-refractivity contribution in [2.45, 2.75) is 45.5 Å². The summed E-state index contributed by atoms with van der Waals surface area (Å²) in [7, 11) is 1.64. The van der Waals surface area contributed by atoms with Gasteiger partial charge >= 0.3 is 6.03 Å². The number of methoxy groups -OCH3 is 1. The Balaban J connectivity index is 1.44. The van der Waals surface area contributed by atoms with Crippen LogP contribution in [0.2, 0.25) is 0 Å². The number of carbonyl (C=O) groups excluding carboxylic acids is 2. The first kappa shape index (κ1) is 20.0. The van der Waals surface area contributed by atoms with Crippen LogP contribution in [0.3, 0.4) is 0 Å². The van der Waals surface area contributed by atoms with Gasteiger partial charge in [0.25, 0.3) is 0 Å². The van der Waals surface area contributed by atoms with Crippen molar-refractivity contribution in [3.05, 3.63) is 29.8 Å². The van der Waals surface area contributed by atoms with E-state index in [2.05, 4.69) is 20.8 Å². The third-order valence-electron chi connectivity index (χ3n) is 3.71. The Kier molecular flexibility index (Phi) is 6.97. The van der Waals surface area contributed by atoms with E-state index in [1.807, 2.05) is 24.3 Å². The highest BCUT2D eigenvalue weighted by Crippen LogP contribution is 2.32. The number of imide groups is 1. The van der Waals surface area contributed by atoms with Gasteiger partial charge in [-0.25, -0.2) is 4.79 Å². The predicted molar refractivity (Wildman–Crippen MR) is 107 cm³/mol. The average molecular weight is 425 g/mol. The topological polar surface area (TPSA) is 93.2 Å². The molecule has 2 aromatic rings. The van der Waals surface area contributed by atoms with E-state index >= 15 is 0 Å². The lowest BCUT2D eigenvalue weighted by Gasteiger charge is -2.09. The molecule has 3 rings (SSSR count). The minimum atomic E-state index is -0.428. The summed E-state index contributed by atoms with van der Waals surface area (Å²) >= 11 is 4.34. The van der Waals surface area contributed by atoms with Crippen molar-refractivity contribution in [2.75, 3.05) is 7.11 Å². The first-order chi connectivity index (χ1) is 13.0. The summed E-state index contributed by atoms with van der Waals surface area (Å²) in [5, 5.41) is 13.0. The lowest BCUT2D eigenvalue weighted by Crippen LogP contribution is -2.43. The maximum Gasteiger partial charge on any atom is 0.321 e. The van der Waals surface area contributed by atoms with Crippen molar-refractivity contribution in [1.82, 2.24) is 20.8 Å². The number of urea groups is 1. The standard InChI is InChI=1S/C17H20N4O3S3/c1-10(14(22)19-15(23)18-12-5-6-12)26-17-21-20-16(27-17)25-9-11-3-7-13(24-2)8-4-11/h3-4,7-8,10,12H,5-6,9H2,1-2H3,(H2,18,19,22,23). The van der Waals surface area contributed by atoms with Crippen molar-refractivity contribution >= 4 is 46.8 Å². The quantitative estimate of drug-likeness (QED) is 0.628. The smallest absolute Gasteiger partial charge is 0.321 e. The molecular formula is C17H20N4O3S3. The number of ether oxygens (including phenoxy) is 1. The summed E-state index contributed by atoms with van der Waals surface area (Å²) in [4.78, 5) is 23.7. The molecule has 1 atom stereocenters. The number of aromatic nitrogens is 2. The van der Waals surface area contributed by atoms with E-state index in [0.29, 0.717) is 4.34 Å². The molecule has 1 fully saturated rings. The molecule has 27 heavy (non-hydrogen) atoms. The van der Waals surface area contributed by atoms with E-state index in [0.717, 1.165) is 28.7 Å². The van der Waals surface area contributed by atoms with Crippen molar-refractivity contribution < 1.29 is 14.3 Å². The SMILES string of the molecule is COc1ccc(CSc2nnc(SC(C)C(=O)NC(=O)NC3CC3)s2)cc1. The van der Waals surface area contributed by atoms with Crippen molar-refractivity contribution in [3.63, 3.8) is 0 Å². The molecule has 1 aromatic carbocycles. The number of thioether (sulfide) groups is 2. The molecule has 144 valence electrons. The average Bonchev–Trinajstić information content (AvgIpc) is 3.36. The number of carbonyl (C=O) groups is 2. The summed E-state index contributed by atoms with van der Waals surface area (Å²) in [5.74, 6) is 1.28. The molecule has 10 heteroatoms. The third-order valence-corrected chi connectivity index (χ3v) is 7.02. The van der Waals surface area contributed by atoms with Gasteiger partial charge in [-0.05, 0) is 37.5 Å². The maximum atomic E-state index is 12.1. The first-order valence-corrected chi connectivity index (χ1v) is 11.1.